The van der Waals surface area contributed by atoms with E-state index in [1.807, 2.05) is 0 Å². The highest BCUT2D eigenvalue weighted by Crippen LogP contribution is 2.41. The van der Waals surface area contributed by atoms with Crippen LogP contribution in [-0.2, 0) is 14.2 Å². The molecule has 15 atom stereocenters. The molecule has 3 aliphatic rings. The highest BCUT2D eigenvalue weighted by molar-refractivity contribution is 5.88. The molecule has 3 saturated heterocycles. The normalized spacial score (nSPS) is 36.8. The number of ether oxygens (including phenoxy) is 6. The van der Waals surface area contributed by atoms with Gasteiger partial charge in [0, 0.05) is 17.7 Å². The van der Waals surface area contributed by atoms with E-state index in [9.17, 15) is 76.3 Å². The lowest BCUT2D eigenvalue weighted by Gasteiger charge is -2.40. The van der Waals surface area contributed by atoms with Gasteiger partial charge in [0.2, 0.25) is 30.0 Å². The fourth-order valence-corrected chi connectivity index (χ4v) is 6.24. The van der Waals surface area contributed by atoms with Crippen molar-refractivity contribution in [2.75, 3.05) is 19.8 Å². The molecule has 4 heterocycles. The minimum atomic E-state index is -1.98. The Labute approximate surface area is 307 Å². The van der Waals surface area contributed by atoms with Crippen LogP contribution >= 0.6 is 0 Å². The summed E-state index contributed by atoms with van der Waals surface area (Å²) >= 11 is 0. The summed E-state index contributed by atoms with van der Waals surface area (Å²) in [6.45, 7) is -2.39. The molecule has 55 heavy (non-hydrogen) atoms. The number of phenols is 1. The van der Waals surface area contributed by atoms with Gasteiger partial charge in [-0.1, -0.05) is 0 Å². The molecule has 6 rings (SSSR count). The molecule has 0 saturated carbocycles. The lowest BCUT2D eigenvalue weighted by atomic mass is 9.99. The third-order valence-electron chi connectivity index (χ3n) is 9.41. The third-order valence-corrected chi connectivity index (χ3v) is 9.41. The second kappa shape index (κ2) is 16.3. The van der Waals surface area contributed by atoms with E-state index >= 15 is 0 Å². The summed E-state index contributed by atoms with van der Waals surface area (Å²) in [6.07, 6.45) is -25.9. The maximum absolute atomic E-state index is 13.8. The third kappa shape index (κ3) is 7.63. The molecule has 0 radical (unpaired) electrons. The molecule has 3 aromatic rings. The zero-order valence-electron chi connectivity index (χ0n) is 28.2. The molecular weight excluding hydrogens is 748 g/mol. The zero-order chi connectivity index (χ0) is 40.0. The summed E-state index contributed by atoms with van der Waals surface area (Å²) in [7, 11) is 0. The second-order valence-corrected chi connectivity index (χ2v) is 13.0. The number of aromatic hydroxyl groups is 2. The summed E-state index contributed by atoms with van der Waals surface area (Å²) in [5.41, 5.74) is -1.79. The Bertz CT molecular complexity index is 1870. The van der Waals surface area contributed by atoms with Crippen molar-refractivity contribution in [3.8, 4) is 40.1 Å². The van der Waals surface area contributed by atoms with Crippen LogP contribution in [0.4, 0.5) is 0 Å². The second-order valence-electron chi connectivity index (χ2n) is 13.0. The highest BCUT2D eigenvalue weighted by Gasteiger charge is 2.47. The van der Waals surface area contributed by atoms with Gasteiger partial charge in [-0.25, -0.2) is 0 Å². The molecule has 2 aromatic carbocycles. The first-order valence-electron chi connectivity index (χ1n) is 16.7. The standard InChI is InChI=1S/C33H40O22/c34-6-15-19(38)23(42)27(46)31(53-15)49-10-4-13-18(14(5-10)52-33-29(48)25(44)21(40)17(8-36)55-33)22(41)26(45)30(50-13)9-1-2-12(11(37)3-9)51-32-28(47)24(43)20(39)16(7-35)54-32/h1-5,15-17,19-21,23-25,27-29,31-40,42-48H,6-8H2/t15-,16-,17-,19-,20-,21-,23+,24+,25+,27-,28-,29-,31-,32-,33-/m0/s1. The Morgan fingerprint density at radius 1 is 0.545 bits per heavy atom. The molecule has 3 aliphatic heterocycles. The number of phenolic OH excluding ortho intramolecular Hbond substituents is 1. The van der Waals surface area contributed by atoms with Crippen molar-refractivity contribution in [3.63, 3.8) is 0 Å². The quantitative estimate of drug-likeness (QED) is 0.0910. The number of aliphatic hydroxyl groups excluding tert-OH is 12. The summed E-state index contributed by atoms with van der Waals surface area (Å²) in [5.74, 6) is -3.60. The first kappa shape index (κ1) is 40.7. The summed E-state index contributed by atoms with van der Waals surface area (Å²) < 4.78 is 38.8. The van der Waals surface area contributed by atoms with Crippen LogP contribution in [0, 0.1) is 0 Å². The first-order chi connectivity index (χ1) is 26.1. The van der Waals surface area contributed by atoms with Crippen LogP contribution in [0.3, 0.4) is 0 Å². The number of aliphatic hydroxyl groups is 12. The zero-order valence-corrected chi connectivity index (χ0v) is 28.2. The average molecular weight is 789 g/mol. The lowest BCUT2D eigenvalue weighted by molar-refractivity contribution is -0.278. The largest absolute Gasteiger partial charge is 0.504 e. The highest BCUT2D eigenvalue weighted by atomic mass is 16.7. The van der Waals surface area contributed by atoms with E-state index in [0.29, 0.717) is 0 Å². The molecule has 0 unspecified atom stereocenters. The van der Waals surface area contributed by atoms with Gasteiger partial charge in [-0.2, -0.15) is 0 Å². The van der Waals surface area contributed by atoms with Crippen LogP contribution in [0.15, 0.2) is 39.5 Å². The maximum Gasteiger partial charge on any atom is 0.238 e. The van der Waals surface area contributed by atoms with Crippen LogP contribution < -0.4 is 19.6 Å². The number of fused-ring (bicyclic) bond motifs is 1. The van der Waals surface area contributed by atoms with Crippen LogP contribution in [0.2, 0.25) is 0 Å². The van der Waals surface area contributed by atoms with E-state index < -0.39 is 151 Å². The van der Waals surface area contributed by atoms with Gasteiger partial charge in [-0.15, -0.1) is 0 Å². The van der Waals surface area contributed by atoms with Crippen LogP contribution in [0.1, 0.15) is 0 Å². The fourth-order valence-electron chi connectivity index (χ4n) is 6.24. The van der Waals surface area contributed by atoms with E-state index in [1.165, 1.54) is 6.07 Å². The molecule has 22 nitrogen and oxygen atoms in total. The van der Waals surface area contributed by atoms with Crippen molar-refractivity contribution in [1.82, 2.24) is 0 Å². The van der Waals surface area contributed by atoms with E-state index in [-0.39, 0.29) is 17.1 Å². The van der Waals surface area contributed by atoms with Crippen molar-refractivity contribution < 1.29 is 104 Å². The minimum Gasteiger partial charge on any atom is -0.504 e. The molecule has 0 aliphatic carbocycles. The maximum atomic E-state index is 13.8. The molecule has 0 spiro atoms. The van der Waals surface area contributed by atoms with Gasteiger partial charge in [0.15, 0.2) is 17.3 Å². The van der Waals surface area contributed by atoms with Gasteiger partial charge in [0.25, 0.3) is 0 Å². The molecule has 22 heteroatoms. The molecule has 1 aromatic heterocycles. The van der Waals surface area contributed by atoms with Gasteiger partial charge in [-0.3, -0.25) is 4.79 Å². The van der Waals surface area contributed by atoms with Crippen molar-refractivity contribution in [2.24, 2.45) is 0 Å². The van der Waals surface area contributed by atoms with Gasteiger partial charge in [-0.05, 0) is 18.2 Å². The van der Waals surface area contributed by atoms with Crippen molar-refractivity contribution in [3.05, 3.63) is 40.6 Å². The Morgan fingerprint density at radius 2 is 1.00 bits per heavy atom. The number of hydrogen-bond donors (Lipinski definition) is 14. The molecule has 0 bridgehead atoms. The predicted octanol–water partition coefficient (Wildman–Crippen LogP) is -5.59. The van der Waals surface area contributed by atoms with E-state index in [2.05, 4.69) is 0 Å². The van der Waals surface area contributed by atoms with Crippen molar-refractivity contribution in [1.29, 1.82) is 0 Å². The van der Waals surface area contributed by atoms with Gasteiger partial charge in [0.05, 0.1) is 19.8 Å². The SMILES string of the molecule is O=c1c(O)c(-c2ccc(O[C@H]3O[C@@H](CO)[C@H](O)[C@@H](O)[C@@H]3O)c(O)c2)oc2cc(O[C@H]3O[C@@H](CO)[C@H](O)[C@@H](O)[C@@H]3O)cc(O[C@H]3O[C@@H](CO)[C@H](O)[C@@H](O)[C@@H]3O)c12. The number of hydrogen-bond acceptors (Lipinski definition) is 22. The van der Waals surface area contributed by atoms with Crippen molar-refractivity contribution >= 4 is 11.0 Å². The van der Waals surface area contributed by atoms with Crippen LogP contribution in [0.5, 0.6) is 28.7 Å². The summed E-state index contributed by atoms with van der Waals surface area (Å²) in [5, 5.41) is 143. The van der Waals surface area contributed by atoms with E-state index in [4.69, 9.17) is 32.8 Å². The Hall–Kier alpha value is -3.95. The monoisotopic (exact) mass is 788 g/mol. The minimum absolute atomic E-state index is 0.160. The smallest absolute Gasteiger partial charge is 0.238 e. The van der Waals surface area contributed by atoms with E-state index in [1.54, 1.807) is 0 Å². The first-order valence-corrected chi connectivity index (χ1v) is 16.7. The van der Waals surface area contributed by atoms with Crippen LogP contribution in [-0.4, -0.2) is 183 Å². The Kier molecular flexibility index (Phi) is 12.0. The topological polar surface area (TPSA) is 369 Å². The molecule has 3 fully saturated rings. The van der Waals surface area contributed by atoms with Crippen molar-refractivity contribution in [2.45, 2.75) is 92.1 Å². The predicted molar refractivity (Wildman–Crippen MR) is 174 cm³/mol. The molecular formula is C33H40O22. The van der Waals surface area contributed by atoms with Gasteiger partial charge < -0.3 is 104 Å². The lowest BCUT2D eigenvalue weighted by Crippen LogP contribution is -2.60. The Balaban J connectivity index is 1.39. The average Bonchev–Trinajstić information content (AvgIpc) is 3.17. The van der Waals surface area contributed by atoms with E-state index in [0.717, 1.165) is 24.3 Å². The summed E-state index contributed by atoms with van der Waals surface area (Å²) in [4.78, 5) is 13.8. The fraction of sp³-hybridized carbons (Fsp3) is 0.545. The number of benzene rings is 2. The molecule has 304 valence electrons. The van der Waals surface area contributed by atoms with Gasteiger partial charge in [0.1, 0.15) is 95.7 Å². The molecule has 14 N–H and O–H groups in total. The van der Waals surface area contributed by atoms with Crippen LogP contribution in [0.25, 0.3) is 22.3 Å². The van der Waals surface area contributed by atoms with Gasteiger partial charge >= 0.3 is 0 Å². The summed E-state index contributed by atoms with van der Waals surface area (Å²) in [6, 6.07) is 5.25. The number of rotatable bonds is 10. The Morgan fingerprint density at radius 3 is 1.45 bits per heavy atom. The molecule has 0 amide bonds.